The third kappa shape index (κ3) is 2.26. The van der Waals surface area contributed by atoms with Crippen LogP contribution in [0.3, 0.4) is 0 Å². The summed E-state index contributed by atoms with van der Waals surface area (Å²) in [5.41, 5.74) is 1.65. The highest BCUT2D eigenvalue weighted by Crippen LogP contribution is 2.40. The van der Waals surface area contributed by atoms with Gasteiger partial charge in [-0.05, 0) is 18.6 Å². The van der Waals surface area contributed by atoms with E-state index in [1.807, 2.05) is 6.07 Å². The summed E-state index contributed by atoms with van der Waals surface area (Å²) < 4.78 is 5.50. The number of ether oxygens (including phenoxy) is 1. The first-order valence-corrected chi connectivity index (χ1v) is 7.51. The normalized spacial score (nSPS) is 24.9. The summed E-state index contributed by atoms with van der Waals surface area (Å²) in [4.78, 5) is 14.5. The highest BCUT2D eigenvalue weighted by Gasteiger charge is 2.41. The van der Waals surface area contributed by atoms with E-state index in [1.165, 1.54) is 0 Å². The van der Waals surface area contributed by atoms with E-state index in [2.05, 4.69) is 17.1 Å². The zero-order valence-electron chi connectivity index (χ0n) is 11.2. The number of carbonyl (C=O) groups is 1. The molecule has 1 amide bonds. The van der Waals surface area contributed by atoms with Gasteiger partial charge in [0.25, 0.3) is 0 Å². The van der Waals surface area contributed by atoms with Gasteiger partial charge in [0.2, 0.25) is 5.91 Å². The largest absolute Gasteiger partial charge is 0.378 e. The number of carbonyl (C=O) groups excluding carboxylic acids is 1. The molecule has 3 rings (SSSR count). The Morgan fingerprint density at radius 2 is 2.10 bits per heavy atom. The standard InChI is InChI=1S/C14H16Cl2N2O2/c1-2-3-18-12-5-10(16)9(15)4-11(12)17-14(19)8-6-20-7-13(8)18/h4-5,8,13H,2-3,6-7H2,1H3,(H,17,19). The molecule has 1 aromatic rings. The Bertz CT molecular complexity index is 550. The SMILES string of the molecule is CCCN1c2cc(Cl)c(Cl)cc2NC(=O)C2COCC21. The van der Waals surface area contributed by atoms with E-state index < -0.39 is 0 Å². The molecule has 1 aromatic carbocycles. The van der Waals surface area contributed by atoms with Crippen LogP contribution in [0.2, 0.25) is 10.0 Å². The number of nitrogens with zero attached hydrogens (tertiary/aromatic N) is 1. The van der Waals surface area contributed by atoms with E-state index in [1.54, 1.807) is 6.07 Å². The minimum Gasteiger partial charge on any atom is -0.378 e. The molecule has 2 aliphatic rings. The van der Waals surface area contributed by atoms with Crippen molar-refractivity contribution in [2.45, 2.75) is 19.4 Å². The van der Waals surface area contributed by atoms with Crippen LogP contribution in [0, 0.1) is 5.92 Å². The van der Waals surface area contributed by atoms with Gasteiger partial charge in [0.15, 0.2) is 0 Å². The summed E-state index contributed by atoms with van der Waals surface area (Å²) in [6.07, 6.45) is 0.983. The highest BCUT2D eigenvalue weighted by molar-refractivity contribution is 6.42. The van der Waals surface area contributed by atoms with E-state index >= 15 is 0 Å². The van der Waals surface area contributed by atoms with Crippen molar-refractivity contribution >= 4 is 40.5 Å². The van der Waals surface area contributed by atoms with Crippen molar-refractivity contribution in [3.8, 4) is 0 Å². The van der Waals surface area contributed by atoms with Crippen molar-refractivity contribution in [3.63, 3.8) is 0 Å². The summed E-state index contributed by atoms with van der Waals surface area (Å²) >= 11 is 12.2. The predicted octanol–water partition coefficient (Wildman–Crippen LogP) is 3.18. The first-order chi connectivity index (χ1) is 9.61. The molecular weight excluding hydrogens is 299 g/mol. The lowest BCUT2D eigenvalue weighted by molar-refractivity contribution is -0.120. The minimum atomic E-state index is -0.147. The third-order valence-electron chi connectivity index (χ3n) is 3.86. The van der Waals surface area contributed by atoms with E-state index in [4.69, 9.17) is 27.9 Å². The molecule has 1 fully saturated rings. The topological polar surface area (TPSA) is 41.6 Å². The number of amides is 1. The fraction of sp³-hybridized carbons (Fsp3) is 0.500. The van der Waals surface area contributed by atoms with Gasteiger partial charge in [-0.1, -0.05) is 30.1 Å². The van der Waals surface area contributed by atoms with Crippen molar-refractivity contribution in [2.24, 2.45) is 5.92 Å². The van der Waals surface area contributed by atoms with Gasteiger partial charge in [0.1, 0.15) is 0 Å². The lowest BCUT2D eigenvalue weighted by atomic mass is 10.0. The van der Waals surface area contributed by atoms with Crippen LogP contribution in [0.5, 0.6) is 0 Å². The van der Waals surface area contributed by atoms with Crippen molar-refractivity contribution < 1.29 is 9.53 Å². The average Bonchev–Trinajstić information content (AvgIpc) is 2.86. The van der Waals surface area contributed by atoms with Gasteiger partial charge in [-0.15, -0.1) is 0 Å². The molecule has 2 aliphatic heterocycles. The summed E-state index contributed by atoms with van der Waals surface area (Å²) in [6.45, 7) is 4.00. The van der Waals surface area contributed by atoms with Crippen LogP contribution in [0.25, 0.3) is 0 Å². The van der Waals surface area contributed by atoms with E-state index in [0.29, 0.717) is 23.3 Å². The molecule has 20 heavy (non-hydrogen) atoms. The number of nitrogens with one attached hydrogen (secondary N) is 1. The molecule has 0 aromatic heterocycles. The Hall–Kier alpha value is -0.970. The molecule has 0 aliphatic carbocycles. The Labute approximate surface area is 128 Å². The van der Waals surface area contributed by atoms with E-state index in [0.717, 1.165) is 24.3 Å². The zero-order chi connectivity index (χ0) is 14.3. The molecule has 2 unspecified atom stereocenters. The van der Waals surface area contributed by atoms with Crippen LogP contribution in [-0.4, -0.2) is 31.7 Å². The number of anilines is 2. The first kappa shape index (κ1) is 14.0. The Morgan fingerprint density at radius 1 is 1.35 bits per heavy atom. The van der Waals surface area contributed by atoms with Crippen LogP contribution >= 0.6 is 23.2 Å². The molecule has 0 radical (unpaired) electrons. The second-order valence-corrected chi connectivity index (χ2v) is 5.99. The zero-order valence-corrected chi connectivity index (χ0v) is 12.7. The Morgan fingerprint density at radius 3 is 2.85 bits per heavy atom. The predicted molar refractivity (Wildman–Crippen MR) is 80.8 cm³/mol. The number of fused-ring (bicyclic) bond motifs is 2. The molecule has 0 bridgehead atoms. The average molecular weight is 315 g/mol. The van der Waals surface area contributed by atoms with Gasteiger partial charge in [0.05, 0.1) is 46.6 Å². The maximum Gasteiger partial charge on any atom is 0.232 e. The molecule has 2 atom stereocenters. The minimum absolute atomic E-state index is 0.00857. The fourth-order valence-electron chi connectivity index (χ4n) is 2.91. The smallest absolute Gasteiger partial charge is 0.232 e. The van der Waals surface area contributed by atoms with Gasteiger partial charge in [-0.3, -0.25) is 4.79 Å². The lowest BCUT2D eigenvalue weighted by Gasteiger charge is -2.31. The van der Waals surface area contributed by atoms with Crippen LogP contribution in [0.4, 0.5) is 11.4 Å². The molecule has 108 valence electrons. The van der Waals surface area contributed by atoms with Crippen LogP contribution in [0.15, 0.2) is 12.1 Å². The number of halogens is 2. The van der Waals surface area contributed by atoms with Crippen molar-refractivity contribution in [1.82, 2.24) is 0 Å². The van der Waals surface area contributed by atoms with Gasteiger partial charge in [0, 0.05) is 6.54 Å². The van der Waals surface area contributed by atoms with Crippen LogP contribution < -0.4 is 10.2 Å². The molecule has 1 N–H and O–H groups in total. The van der Waals surface area contributed by atoms with Gasteiger partial charge < -0.3 is 15.0 Å². The molecule has 2 heterocycles. The van der Waals surface area contributed by atoms with Crippen LogP contribution in [-0.2, 0) is 9.53 Å². The van der Waals surface area contributed by atoms with Crippen molar-refractivity contribution in [1.29, 1.82) is 0 Å². The van der Waals surface area contributed by atoms with Crippen molar-refractivity contribution in [3.05, 3.63) is 22.2 Å². The molecular formula is C14H16Cl2N2O2. The number of hydrogen-bond acceptors (Lipinski definition) is 3. The molecule has 0 saturated carbocycles. The summed E-state index contributed by atoms with van der Waals surface area (Å²) in [6, 6.07) is 3.62. The monoisotopic (exact) mass is 314 g/mol. The summed E-state index contributed by atoms with van der Waals surface area (Å²) in [5.74, 6) is -0.155. The number of rotatable bonds is 2. The Kier molecular flexibility index (Phi) is 3.80. The number of benzene rings is 1. The second kappa shape index (κ2) is 5.43. The number of hydrogen-bond donors (Lipinski definition) is 1. The third-order valence-corrected chi connectivity index (χ3v) is 4.58. The van der Waals surface area contributed by atoms with Gasteiger partial charge >= 0.3 is 0 Å². The summed E-state index contributed by atoms with van der Waals surface area (Å²) in [7, 11) is 0. The molecule has 6 heteroatoms. The van der Waals surface area contributed by atoms with Crippen molar-refractivity contribution in [2.75, 3.05) is 30.0 Å². The maximum absolute atomic E-state index is 12.3. The molecule has 4 nitrogen and oxygen atoms in total. The highest BCUT2D eigenvalue weighted by atomic mass is 35.5. The summed E-state index contributed by atoms with van der Waals surface area (Å²) in [5, 5.41) is 3.89. The van der Waals surface area contributed by atoms with E-state index in [-0.39, 0.29) is 17.9 Å². The van der Waals surface area contributed by atoms with Gasteiger partial charge in [-0.25, -0.2) is 0 Å². The lowest BCUT2D eigenvalue weighted by Crippen LogP contribution is -2.43. The molecule has 0 spiro atoms. The quantitative estimate of drug-likeness (QED) is 0.911. The molecule has 1 saturated heterocycles. The second-order valence-electron chi connectivity index (χ2n) is 5.18. The maximum atomic E-state index is 12.3. The fourth-order valence-corrected chi connectivity index (χ4v) is 3.23. The van der Waals surface area contributed by atoms with E-state index in [9.17, 15) is 4.79 Å². The van der Waals surface area contributed by atoms with Gasteiger partial charge in [-0.2, -0.15) is 0 Å². The van der Waals surface area contributed by atoms with Crippen LogP contribution in [0.1, 0.15) is 13.3 Å². The first-order valence-electron chi connectivity index (χ1n) is 6.76. The Balaban J connectivity index is 2.11.